The quantitative estimate of drug-likeness (QED) is 0.273. The molecule has 2 aromatic rings. The van der Waals surface area contributed by atoms with E-state index in [1.807, 2.05) is 11.8 Å². The van der Waals surface area contributed by atoms with E-state index in [1.54, 1.807) is 31.4 Å². The van der Waals surface area contributed by atoms with Gasteiger partial charge < -0.3 is 23.9 Å². The minimum atomic E-state index is -2.18. The lowest BCUT2D eigenvalue weighted by atomic mass is 10.1. The van der Waals surface area contributed by atoms with E-state index < -0.39 is 20.1 Å². The van der Waals surface area contributed by atoms with Crippen molar-refractivity contribution in [1.82, 2.24) is 0 Å². The third kappa shape index (κ3) is 8.39. The predicted octanol–water partition coefficient (Wildman–Crippen LogP) is 7.15. The Balaban J connectivity index is 2.34. The van der Waals surface area contributed by atoms with Crippen molar-refractivity contribution in [3.63, 3.8) is 0 Å². The highest BCUT2D eigenvalue weighted by molar-refractivity contribution is 6.74. The molecule has 0 saturated carbocycles. The van der Waals surface area contributed by atoms with Gasteiger partial charge in [-0.2, -0.15) is 0 Å². The van der Waals surface area contributed by atoms with Crippen molar-refractivity contribution in [1.29, 1.82) is 0 Å². The van der Waals surface area contributed by atoms with E-state index in [1.165, 1.54) is 12.1 Å². The van der Waals surface area contributed by atoms with Crippen LogP contribution in [0, 0.1) is 5.82 Å². The van der Waals surface area contributed by atoms with Gasteiger partial charge in [0, 0.05) is 30.8 Å². The zero-order chi connectivity index (χ0) is 27.1. The molecule has 0 radical (unpaired) electrons. The van der Waals surface area contributed by atoms with Crippen molar-refractivity contribution in [2.75, 3.05) is 25.1 Å². The zero-order valence-corrected chi connectivity index (χ0v) is 24.1. The highest BCUT2D eigenvalue weighted by Gasteiger charge is 2.39. The molecule has 36 heavy (non-hydrogen) atoms. The van der Waals surface area contributed by atoms with Gasteiger partial charge in [-0.1, -0.05) is 32.4 Å². The Morgan fingerprint density at radius 1 is 1.17 bits per heavy atom. The number of ether oxygens (including phenoxy) is 2. The van der Waals surface area contributed by atoms with Crippen LogP contribution in [0.5, 0.6) is 11.5 Å². The molecule has 0 aromatic heterocycles. The van der Waals surface area contributed by atoms with Crippen molar-refractivity contribution in [3.8, 4) is 11.5 Å². The number of benzene rings is 2. The fourth-order valence-corrected chi connectivity index (χ4v) is 5.19. The first kappa shape index (κ1) is 29.9. The molecule has 2 aromatic carbocycles. The molecule has 9 heteroatoms. The Hall–Kier alpha value is -2.29. The number of methoxy groups -OCH3 is 1. The number of hydrogen-bond donors (Lipinski definition) is 1. The van der Waals surface area contributed by atoms with Gasteiger partial charge >= 0.3 is 5.97 Å². The van der Waals surface area contributed by atoms with Crippen LogP contribution in [0.2, 0.25) is 23.2 Å². The minimum Gasteiger partial charge on any atom is -0.497 e. The van der Waals surface area contributed by atoms with Crippen LogP contribution in [-0.2, 0) is 15.8 Å². The van der Waals surface area contributed by atoms with E-state index in [0.717, 1.165) is 0 Å². The van der Waals surface area contributed by atoms with Gasteiger partial charge in [-0.05, 0) is 67.9 Å². The van der Waals surface area contributed by atoms with Gasteiger partial charge in [-0.3, -0.25) is 4.79 Å². The first-order valence-corrected chi connectivity index (χ1v) is 15.4. The number of likely N-dealkylation sites (N-methyl/N-ethyl adjacent to an activating group) is 1. The van der Waals surface area contributed by atoms with Crippen molar-refractivity contribution in [2.45, 2.75) is 71.4 Å². The molecule has 0 aliphatic heterocycles. The van der Waals surface area contributed by atoms with Crippen LogP contribution in [0.4, 0.5) is 10.1 Å². The van der Waals surface area contributed by atoms with Crippen LogP contribution in [0.25, 0.3) is 0 Å². The average molecular weight is 540 g/mol. The van der Waals surface area contributed by atoms with Crippen molar-refractivity contribution in [3.05, 3.63) is 52.8 Å². The number of halogens is 2. The Labute approximate surface area is 220 Å². The molecule has 1 N–H and O–H groups in total. The van der Waals surface area contributed by atoms with Crippen LogP contribution in [0.3, 0.4) is 0 Å². The SMILES string of the molecule is CCN(C[C@H](CCC(=O)O)O[Si](C)(C)C(C)(C)C)c1cc(F)cc(Cl)c1COc1ccc(OC)cc1. The maximum Gasteiger partial charge on any atom is 0.303 e. The van der Waals surface area contributed by atoms with Crippen molar-refractivity contribution in [2.24, 2.45) is 0 Å². The van der Waals surface area contributed by atoms with Crippen LogP contribution in [-0.4, -0.2) is 45.7 Å². The maximum atomic E-state index is 14.5. The molecule has 0 spiro atoms. The molecule has 0 aliphatic carbocycles. The van der Waals surface area contributed by atoms with Gasteiger partial charge in [0.15, 0.2) is 8.32 Å². The number of carboxylic acids is 1. The summed E-state index contributed by atoms with van der Waals surface area (Å²) in [5.74, 6) is 0.0261. The lowest BCUT2D eigenvalue weighted by Crippen LogP contribution is -2.47. The fourth-order valence-electron chi connectivity index (χ4n) is 3.55. The summed E-state index contributed by atoms with van der Waals surface area (Å²) in [6.45, 7) is 13.8. The highest BCUT2D eigenvalue weighted by atomic mass is 35.5. The lowest BCUT2D eigenvalue weighted by Gasteiger charge is -2.41. The van der Waals surface area contributed by atoms with Gasteiger partial charge in [-0.25, -0.2) is 4.39 Å². The Morgan fingerprint density at radius 2 is 1.78 bits per heavy atom. The average Bonchev–Trinajstić information content (AvgIpc) is 2.79. The van der Waals surface area contributed by atoms with E-state index in [9.17, 15) is 14.3 Å². The second-order valence-corrected chi connectivity index (χ2v) is 15.5. The Kier molecular flexibility index (Phi) is 10.6. The predicted molar refractivity (Wildman–Crippen MR) is 146 cm³/mol. The first-order valence-electron chi connectivity index (χ1n) is 12.2. The molecule has 0 unspecified atom stereocenters. The summed E-state index contributed by atoms with van der Waals surface area (Å²) < 4.78 is 32.3. The normalized spacial score (nSPS) is 12.8. The summed E-state index contributed by atoms with van der Waals surface area (Å²) in [5, 5.41) is 9.54. The number of carboxylic acid groups (broad SMARTS) is 1. The topological polar surface area (TPSA) is 68.2 Å². The first-order chi connectivity index (χ1) is 16.8. The molecule has 0 amide bonds. The molecule has 2 rings (SSSR count). The smallest absolute Gasteiger partial charge is 0.303 e. The van der Waals surface area contributed by atoms with Crippen LogP contribution in [0.1, 0.15) is 46.1 Å². The standard InChI is InChI=1S/C27H39ClFNO5Si/c1-8-30(17-22(13-14-26(31)32)35-36(6,7)27(2,3)4)25-16-19(29)15-24(28)23(25)18-34-21-11-9-20(33-5)10-12-21/h9-12,15-16,22H,8,13-14,17-18H2,1-7H3,(H,31,32)/t22-/m0/s1. The zero-order valence-electron chi connectivity index (χ0n) is 22.4. The summed E-state index contributed by atoms with van der Waals surface area (Å²) in [6, 6.07) is 9.91. The molecule has 0 bridgehead atoms. The number of carbonyl (C=O) groups is 1. The highest BCUT2D eigenvalue weighted by Crippen LogP contribution is 2.38. The van der Waals surface area contributed by atoms with E-state index in [0.29, 0.717) is 42.3 Å². The molecule has 0 aliphatic rings. The Bertz CT molecular complexity index is 1010. The van der Waals surface area contributed by atoms with E-state index in [2.05, 4.69) is 33.9 Å². The molecular formula is C27H39ClFNO5Si. The van der Waals surface area contributed by atoms with Crippen molar-refractivity contribution < 1.29 is 28.2 Å². The summed E-state index contributed by atoms with van der Waals surface area (Å²) in [7, 11) is -0.582. The van der Waals surface area contributed by atoms with Gasteiger partial charge in [-0.15, -0.1) is 0 Å². The number of rotatable bonds is 13. The van der Waals surface area contributed by atoms with Gasteiger partial charge in [0.25, 0.3) is 0 Å². The summed E-state index contributed by atoms with van der Waals surface area (Å²) in [6.07, 6.45) is 0.0205. The van der Waals surface area contributed by atoms with Crippen LogP contribution in [0.15, 0.2) is 36.4 Å². The monoisotopic (exact) mass is 539 g/mol. The summed E-state index contributed by atoms with van der Waals surface area (Å²) in [5.41, 5.74) is 1.26. The number of nitrogens with zero attached hydrogens (tertiary/aromatic N) is 1. The molecule has 200 valence electrons. The molecular weight excluding hydrogens is 501 g/mol. The van der Waals surface area contributed by atoms with Gasteiger partial charge in [0.2, 0.25) is 0 Å². The molecule has 0 saturated heterocycles. The number of anilines is 1. The number of hydrogen-bond acceptors (Lipinski definition) is 5. The van der Waals surface area contributed by atoms with E-state index in [4.69, 9.17) is 25.5 Å². The second-order valence-electron chi connectivity index (χ2n) is 10.3. The fraction of sp³-hybridized carbons (Fsp3) is 0.519. The van der Waals surface area contributed by atoms with E-state index in [-0.39, 0.29) is 29.2 Å². The van der Waals surface area contributed by atoms with Crippen LogP contribution >= 0.6 is 11.6 Å². The van der Waals surface area contributed by atoms with Gasteiger partial charge in [0.05, 0.1) is 18.2 Å². The summed E-state index contributed by atoms with van der Waals surface area (Å²) >= 11 is 6.49. The summed E-state index contributed by atoms with van der Waals surface area (Å²) in [4.78, 5) is 13.3. The lowest BCUT2D eigenvalue weighted by molar-refractivity contribution is -0.137. The third-order valence-electron chi connectivity index (χ3n) is 6.67. The van der Waals surface area contributed by atoms with Crippen LogP contribution < -0.4 is 14.4 Å². The largest absolute Gasteiger partial charge is 0.497 e. The maximum absolute atomic E-state index is 14.5. The minimum absolute atomic E-state index is 0.00577. The molecule has 0 heterocycles. The van der Waals surface area contributed by atoms with Gasteiger partial charge in [0.1, 0.15) is 23.9 Å². The Morgan fingerprint density at radius 3 is 2.31 bits per heavy atom. The second kappa shape index (κ2) is 12.8. The number of aliphatic carboxylic acids is 1. The molecule has 0 fully saturated rings. The van der Waals surface area contributed by atoms with Crippen molar-refractivity contribution >= 4 is 31.6 Å². The molecule has 6 nitrogen and oxygen atoms in total. The third-order valence-corrected chi connectivity index (χ3v) is 11.5. The molecule has 1 atom stereocenters. The van der Waals surface area contributed by atoms with E-state index >= 15 is 0 Å².